The quantitative estimate of drug-likeness (QED) is 0.169. The molecule has 10 aromatic rings. The van der Waals surface area contributed by atoms with Crippen LogP contribution >= 0.6 is 0 Å². The second-order valence-corrected chi connectivity index (χ2v) is 20.4. The van der Waals surface area contributed by atoms with Gasteiger partial charge in [0.2, 0.25) is 0 Å². The predicted octanol–water partition coefficient (Wildman–Crippen LogP) is 16.1. The van der Waals surface area contributed by atoms with E-state index in [1.165, 1.54) is 5.56 Å². The maximum Gasteiger partial charge on any atom is 0.148 e. The first kappa shape index (κ1) is 44.6. The largest absolute Gasteiger partial charge is 0.507 e. The summed E-state index contributed by atoms with van der Waals surface area (Å²) in [7, 11) is 0. The van der Waals surface area contributed by atoms with E-state index in [0.717, 1.165) is 94.4 Å². The number of phenols is 1. The molecule has 6 heteroatoms. The summed E-state index contributed by atoms with van der Waals surface area (Å²) >= 11 is 0. The van der Waals surface area contributed by atoms with Gasteiger partial charge in [-0.25, -0.2) is 4.98 Å². The molecule has 0 saturated heterocycles. The number of benzene rings is 7. The van der Waals surface area contributed by atoms with E-state index >= 15 is 0 Å². The van der Waals surface area contributed by atoms with Crippen LogP contribution in [0.15, 0.2) is 162 Å². The third-order valence-electron chi connectivity index (χ3n) is 12.7. The van der Waals surface area contributed by atoms with Gasteiger partial charge in [-0.1, -0.05) is 183 Å². The van der Waals surface area contributed by atoms with Crippen LogP contribution in [0.1, 0.15) is 79.0 Å². The van der Waals surface area contributed by atoms with Crippen molar-refractivity contribution in [3.8, 4) is 67.5 Å². The molecule has 0 atom stereocenters. The summed E-state index contributed by atoms with van der Waals surface area (Å²) in [6.45, 7) is 19.9. The molecule has 0 bridgehead atoms. The van der Waals surface area contributed by atoms with Gasteiger partial charge in [-0.05, 0) is 85.8 Å². The Morgan fingerprint density at radius 1 is 0.561 bits per heavy atom. The van der Waals surface area contributed by atoms with Gasteiger partial charge >= 0.3 is 0 Å². The number of pyridine rings is 1. The molecule has 66 heavy (non-hydrogen) atoms. The van der Waals surface area contributed by atoms with Crippen LogP contribution in [0.25, 0.3) is 94.7 Å². The van der Waals surface area contributed by atoms with E-state index in [1.807, 2.05) is 30.5 Å². The monoisotopic (exact) mass is 1040 g/mol. The number of hydrogen-bond donors (Lipinski definition) is 1. The number of furan rings is 1. The van der Waals surface area contributed by atoms with Crippen molar-refractivity contribution in [2.45, 2.75) is 78.6 Å². The Labute approximate surface area is 402 Å². The maximum atomic E-state index is 12.6. The van der Waals surface area contributed by atoms with Crippen LogP contribution in [0.4, 0.5) is 0 Å². The Kier molecular flexibility index (Phi) is 11.3. The van der Waals surface area contributed by atoms with Gasteiger partial charge in [-0.3, -0.25) is 9.55 Å². The fourth-order valence-corrected chi connectivity index (χ4v) is 9.07. The minimum Gasteiger partial charge on any atom is -0.507 e. The van der Waals surface area contributed by atoms with E-state index in [0.29, 0.717) is 11.4 Å². The van der Waals surface area contributed by atoms with Crippen molar-refractivity contribution in [2.75, 3.05) is 0 Å². The van der Waals surface area contributed by atoms with Gasteiger partial charge in [-0.2, -0.15) is 0 Å². The minimum atomic E-state index is -0.342. The van der Waals surface area contributed by atoms with Crippen LogP contribution < -0.4 is 0 Å². The second kappa shape index (κ2) is 16.7. The number of phenolic OH excluding ortho intramolecular Hbond substituents is 1. The number of nitrogens with zero attached hydrogens (tertiary/aromatic N) is 3. The Morgan fingerprint density at radius 3 is 1.92 bits per heavy atom. The summed E-state index contributed by atoms with van der Waals surface area (Å²) in [5.74, 6) is 0.898. The van der Waals surface area contributed by atoms with Crippen molar-refractivity contribution in [1.82, 2.24) is 14.5 Å². The molecular weight excluding hydrogens is 990 g/mol. The van der Waals surface area contributed by atoms with Crippen LogP contribution in [0, 0.1) is 6.07 Å². The third-order valence-corrected chi connectivity index (χ3v) is 12.7. The van der Waals surface area contributed by atoms with Gasteiger partial charge < -0.3 is 9.52 Å². The molecule has 0 spiro atoms. The number of rotatable bonds is 6. The van der Waals surface area contributed by atoms with Gasteiger partial charge in [0.15, 0.2) is 0 Å². The number of aromatic hydroxyl groups is 1. The molecule has 1 N–H and O–H groups in total. The van der Waals surface area contributed by atoms with E-state index in [-0.39, 0.29) is 43.1 Å². The van der Waals surface area contributed by atoms with E-state index in [1.54, 1.807) is 0 Å². The van der Waals surface area contributed by atoms with E-state index in [4.69, 9.17) is 14.4 Å². The van der Waals surface area contributed by atoms with Gasteiger partial charge in [0.1, 0.15) is 17.2 Å². The number of aromatic nitrogens is 3. The van der Waals surface area contributed by atoms with Gasteiger partial charge in [0, 0.05) is 49.5 Å². The molecule has 5 nitrogen and oxygen atoms in total. The van der Waals surface area contributed by atoms with E-state index in [2.05, 4.69) is 200 Å². The van der Waals surface area contributed by atoms with Gasteiger partial charge in [0.05, 0.1) is 27.9 Å². The molecule has 332 valence electrons. The van der Waals surface area contributed by atoms with Crippen molar-refractivity contribution in [2.24, 2.45) is 0 Å². The molecule has 10 rings (SSSR count). The molecule has 0 aliphatic carbocycles. The van der Waals surface area contributed by atoms with E-state index in [9.17, 15) is 5.11 Å². The maximum absolute atomic E-state index is 12.6. The van der Waals surface area contributed by atoms with Gasteiger partial charge in [0.25, 0.3) is 0 Å². The Hall–Kier alpha value is -6.55. The zero-order chi connectivity index (χ0) is 45.4. The second-order valence-electron chi connectivity index (χ2n) is 20.4. The third kappa shape index (κ3) is 7.98. The SMILES string of the molecule is CC(C)(C)c1ccc(-n2c(-c3cc(C(C)(C)C)cc(C(C)(C)C)c3O)nc3c(-c4[c-]c(-c5cc(-c6ccccc6)ccn5)c5oc6ccccc6c5c4)cccc32)c(-c2ccccc2)c1.[Pt]. The molecular formula is C60H54N3O2Pt-. The molecule has 7 aromatic carbocycles. The first-order valence-electron chi connectivity index (χ1n) is 22.5. The van der Waals surface area contributed by atoms with Crippen LogP contribution in [-0.2, 0) is 37.3 Å². The van der Waals surface area contributed by atoms with Crippen LogP contribution in [-0.4, -0.2) is 19.6 Å². The smallest absolute Gasteiger partial charge is 0.148 e. The minimum absolute atomic E-state index is 0. The first-order chi connectivity index (χ1) is 31.0. The fourth-order valence-electron chi connectivity index (χ4n) is 9.07. The number of imidazole rings is 1. The molecule has 0 radical (unpaired) electrons. The van der Waals surface area contributed by atoms with Gasteiger partial charge in [-0.15, -0.1) is 17.7 Å². The molecule has 0 amide bonds. The van der Waals surface area contributed by atoms with Crippen LogP contribution in [0.5, 0.6) is 5.75 Å². The topological polar surface area (TPSA) is 64.1 Å². The van der Waals surface area contributed by atoms with E-state index < -0.39 is 0 Å². The average molecular weight is 1040 g/mol. The van der Waals surface area contributed by atoms with Crippen molar-refractivity contribution in [3.63, 3.8) is 0 Å². The summed E-state index contributed by atoms with van der Waals surface area (Å²) in [5.41, 5.74) is 15.1. The van der Waals surface area contributed by atoms with Crippen molar-refractivity contribution in [1.29, 1.82) is 0 Å². The zero-order valence-corrected chi connectivity index (χ0v) is 41.3. The summed E-state index contributed by atoms with van der Waals surface area (Å²) in [6.07, 6.45) is 1.86. The average Bonchev–Trinajstić information content (AvgIpc) is 3.87. The molecule has 3 aromatic heterocycles. The number of hydrogen-bond acceptors (Lipinski definition) is 4. The fraction of sp³-hybridized carbons (Fsp3) is 0.200. The Morgan fingerprint density at radius 2 is 1.23 bits per heavy atom. The molecule has 0 unspecified atom stereocenters. The van der Waals surface area contributed by atoms with Crippen molar-refractivity contribution >= 4 is 33.0 Å². The molecule has 3 heterocycles. The van der Waals surface area contributed by atoms with Crippen molar-refractivity contribution < 1.29 is 30.6 Å². The summed E-state index contributed by atoms with van der Waals surface area (Å²) in [4.78, 5) is 10.6. The summed E-state index contributed by atoms with van der Waals surface area (Å²) in [6, 6.07) is 56.8. The molecule has 0 aliphatic heterocycles. The standard InChI is InChI=1S/C60H54N3O2.Pt/c1-58(2,3)41-27-28-51(45(34-41)38-21-14-11-15-22-38)63-52-25-18-24-43(54(52)62-57(63)48-35-42(59(4,5)6)36-49(55(48)64)60(7,8)9)40-31-46-44-23-16-17-26-53(44)65-56(46)47(32-40)50-33-39(29-30-61-50)37-19-12-10-13-20-37;/h10-31,33-36,64H,1-9H3;/q-1;. The number of para-hydroxylation sites is 2. The summed E-state index contributed by atoms with van der Waals surface area (Å²) < 4.78 is 8.92. The Bertz CT molecular complexity index is 3430. The molecule has 0 saturated carbocycles. The zero-order valence-electron chi connectivity index (χ0n) is 39.0. The molecule has 0 aliphatic rings. The van der Waals surface area contributed by atoms with Crippen molar-refractivity contribution in [3.05, 3.63) is 181 Å². The molecule has 0 fully saturated rings. The number of fused-ring (bicyclic) bond motifs is 4. The van der Waals surface area contributed by atoms with Crippen LogP contribution in [0.2, 0.25) is 0 Å². The summed E-state index contributed by atoms with van der Waals surface area (Å²) in [5, 5.41) is 14.6. The Balaban J connectivity index is 0.00000548. The van der Waals surface area contributed by atoms with Crippen LogP contribution in [0.3, 0.4) is 0 Å². The predicted molar refractivity (Wildman–Crippen MR) is 270 cm³/mol. The normalized spacial score (nSPS) is 12.3. The first-order valence-corrected chi connectivity index (χ1v) is 22.5.